The Morgan fingerprint density at radius 2 is 1.81 bits per heavy atom. The maximum atomic E-state index is 12.5. The van der Waals surface area contributed by atoms with Crippen LogP contribution in [0.5, 0.6) is 11.5 Å². The number of ether oxygens (including phenoxy) is 2. The molecule has 0 unspecified atom stereocenters. The average molecular weight is 557 g/mol. The van der Waals surface area contributed by atoms with E-state index in [9.17, 15) is 23.1 Å². The molecule has 0 aromatic heterocycles. The number of halogens is 6. The van der Waals surface area contributed by atoms with Gasteiger partial charge in [-0.25, -0.2) is 4.79 Å². The zero-order chi connectivity index (χ0) is 23.9. The van der Waals surface area contributed by atoms with Gasteiger partial charge in [0.1, 0.15) is 26.1 Å². The van der Waals surface area contributed by atoms with Crippen molar-refractivity contribution in [2.24, 2.45) is 5.16 Å². The Bertz CT molecular complexity index is 1020. The zero-order valence-corrected chi connectivity index (χ0v) is 19.3. The summed E-state index contributed by atoms with van der Waals surface area (Å²) in [4.78, 5) is 16.1. The lowest BCUT2D eigenvalue weighted by atomic mass is 10.0. The Hall–Kier alpha value is -2.43. The number of benzene rings is 2. The monoisotopic (exact) mass is 555 g/mol. The number of carboxylic acids is 1. The number of hydrogen-bond acceptors (Lipinski definition) is 5. The SMILES string of the molecule is CON=C(C(=O)O)c1ccccc1COc1cc(Cl)c(OCC=C(Br)C(F)(F)F)c(Cl)c1. The molecule has 0 aliphatic rings. The number of hydrogen-bond donors (Lipinski definition) is 1. The van der Waals surface area contributed by atoms with Gasteiger partial charge in [-0.3, -0.25) is 0 Å². The highest BCUT2D eigenvalue weighted by Crippen LogP contribution is 2.37. The van der Waals surface area contributed by atoms with Crippen LogP contribution in [0.1, 0.15) is 11.1 Å². The number of rotatable bonds is 9. The molecule has 0 heterocycles. The molecule has 0 radical (unpaired) electrons. The van der Waals surface area contributed by atoms with E-state index in [-0.39, 0.29) is 33.9 Å². The van der Waals surface area contributed by atoms with Crippen LogP contribution in [0.3, 0.4) is 0 Å². The lowest BCUT2D eigenvalue weighted by molar-refractivity contribution is -0.129. The van der Waals surface area contributed by atoms with Gasteiger partial charge in [0, 0.05) is 17.7 Å². The molecule has 2 aromatic rings. The van der Waals surface area contributed by atoms with Crippen molar-refractivity contribution in [3.63, 3.8) is 0 Å². The van der Waals surface area contributed by atoms with Gasteiger partial charge in [0.15, 0.2) is 11.5 Å². The summed E-state index contributed by atoms with van der Waals surface area (Å²) >= 11 is 14.7. The van der Waals surface area contributed by atoms with E-state index in [2.05, 4.69) is 25.9 Å². The van der Waals surface area contributed by atoms with Crippen LogP contribution < -0.4 is 9.47 Å². The van der Waals surface area contributed by atoms with Gasteiger partial charge in [0.05, 0.1) is 14.5 Å². The summed E-state index contributed by atoms with van der Waals surface area (Å²) in [7, 11) is 1.23. The normalized spacial score (nSPS) is 12.5. The van der Waals surface area contributed by atoms with E-state index in [1.54, 1.807) is 24.3 Å². The van der Waals surface area contributed by atoms with E-state index in [0.29, 0.717) is 11.1 Å². The molecule has 0 amide bonds. The van der Waals surface area contributed by atoms with Crippen molar-refractivity contribution in [2.45, 2.75) is 12.8 Å². The summed E-state index contributed by atoms with van der Waals surface area (Å²) in [6.45, 7) is -0.482. The van der Waals surface area contributed by atoms with Gasteiger partial charge in [-0.2, -0.15) is 13.2 Å². The number of carboxylic acid groups (broad SMARTS) is 1. The highest BCUT2D eigenvalue weighted by Gasteiger charge is 2.31. The van der Waals surface area contributed by atoms with E-state index in [0.717, 1.165) is 6.08 Å². The summed E-state index contributed by atoms with van der Waals surface area (Å²) in [6.07, 6.45) is -3.74. The van der Waals surface area contributed by atoms with Crippen LogP contribution in [0.15, 0.2) is 52.1 Å². The van der Waals surface area contributed by atoms with E-state index in [4.69, 9.17) is 32.7 Å². The topological polar surface area (TPSA) is 77.4 Å². The molecule has 1 N–H and O–H groups in total. The van der Waals surface area contributed by atoms with Crippen molar-refractivity contribution >= 4 is 50.8 Å². The van der Waals surface area contributed by atoms with Crippen LogP contribution in [0.25, 0.3) is 0 Å². The first kappa shape index (κ1) is 25.8. The standard InChI is InChI=1S/C20H15BrCl2F3NO5/c1-30-27-17(19(28)29)13-5-3-2-4-11(13)10-32-12-8-14(22)18(15(23)9-12)31-7-6-16(21)20(24,25)26/h2-6,8-9H,7,10H2,1H3,(H,28,29). The second-order valence-electron chi connectivity index (χ2n) is 5.95. The quantitative estimate of drug-likeness (QED) is 0.293. The van der Waals surface area contributed by atoms with Crippen LogP contribution in [0, 0.1) is 0 Å². The first-order valence-electron chi connectivity index (χ1n) is 8.64. The van der Waals surface area contributed by atoms with Gasteiger partial charge in [-0.1, -0.05) is 52.6 Å². The molecule has 0 saturated heterocycles. The predicted molar refractivity (Wildman–Crippen MR) is 117 cm³/mol. The summed E-state index contributed by atoms with van der Waals surface area (Å²) < 4.78 is 47.4. The number of allylic oxidation sites excluding steroid dienone is 1. The lowest BCUT2D eigenvalue weighted by Crippen LogP contribution is -2.17. The summed E-state index contributed by atoms with van der Waals surface area (Å²) in [6, 6.07) is 9.27. The molecular formula is C20H15BrCl2F3NO5. The fourth-order valence-electron chi connectivity index (χ4n) is 2.40. The van der Waals surface area contributed by atoms with Gasteiger partial charge < -0.3 is 19.4 Å². The smallest absolute Gasteiger partial charge is 0.422 e. The Labute approximate surface area is 199 Å². The van der Waals surface area contributed by atoms with Gasteiger partial charge in [-0.05, 0) is 27.6 Å². The summed E-state index contributed by atoms with van der Waals surface area (Å²) in [5, 5.41) is 12.9. The number of nitrogens with zero attached hydrogens (tertiary/aromatic N) is 1. The van der Waals surface area contributed by atoms with E-state index < -0.39 is 23.2 Å². The third kappa shape index (κ3) is 7.04. The van der Waals surface area contributed by atoms with Gasteiger partial charge >= 0.3 is 12.1 Å². The number of carbonyl (C=O) groups is 1. The van der Waals surface area contributed by atoms with E-state index in [1.165, 1.54) is 19.2 Å². The van der Waals surface area contributed by atoms with Crippen molar-refractivity contribution in [3.05, 3.63) is 68.1 Å². The molecule has 0 fully saturated rings. The maximum Gasteiger partial charge on any atom is 0.422 e. The zero-order valence-electron chi connectivity index (χ0n) is 16.3. The van der Waals surface area contributed by atoms with Crippen LogP contribution in [0.4, 0.5) is 13.2 Å². The van der Waals surface area contributed by atoms with Crippen LogP contribution >= 0.6 is 39.1 Å². The molecular weight excluding hydrogens is 542 g/mol. The molecule has 0 aliphatic carbocycles. The van der Waals surface area contributed by atoms with Crippen LogP contribution in [0.2, 0.25) is 10.0 Å². The van der Waals surface area contributed by atoms with Crippen molar-refractivity contribution in [1.29, 1.82) is 0 Å². The Balaban J connectivity index is 2.16. The minimum absolute atomic E-state index is 0.0137. The highest BCUT2D eigenvalue weighted by molar-refractivity contribution is 9.11. The maximum absolute atomic E-state index is 12.5. The molecule has 6 nitrogen and oxygen atoms in total. The first-order valence-corrected chi connectivity index (χ1v) is 10.2. The molecule has 0 aliphatic heterocycles. The molecule has 12 heteroatoms. The lowest BCUT2D eigenvalue weighted by Gasteiger charge is -2.14. The third-order valence-electron chi connectivity index (χ3n) is 3.78. The minimum Gasteiger partial charge on any atom is -0.489 e. The summed E-state index contributed by atoms with van der Waals surface area (Å²) in [5.74, 6) is -1.06. The van der Waals surface area contributed by atoms with Crippen molar-refractivity contribution < 1.29 is 37.4 Å². The van der Waals surface area contributed by atoms with Crippen molar-refractivity contribution in [3.8, 4) is 11.5 Å². The fourth-order valence-corrected chi connectivity index (χ4v) is 3.11. The Morgan fingerprint density at radius 3 is 2.38 bits per heavy atom. The van der Waals surface area contributed by atoms with Crippen LogP contribution in [-0.2, 0) is 16.2 Å². The van der Waals surface area contributed by atoms with E-state index >= 15 is 0 Å². The second kappa shape index (κ2) is 11.4. The molecule has 0 spiro atoms. The molecule has 0 bridgehead atoms. The average Bonchev–Trinajstić information content (AvgIpc) is 2.71. The van der Waals surface area contributed by atoms with Crippen molar-refractivity contribution in [2.75, 3.05) is 13.7 Å². The number of aliphatic carboxylic acids is 1. The fraction of sp³-hybridized carbons (Fsp3) is 0.200. The first-order chi connectivity index (χ1) is 15.0. The molecule has 0 saturated carbocycles. The molecule has 32 heavy (non-hydrogen) atoms. The highest BCUT2D eigenvalue weighted by atomic mass is 79.9. The largest absolute Gasteiger partial charge is 0.489 e. The van der Waals surface area contributed by atoms with Crippen molar-refractivity contribution in [1.82, 2.24) is 0 Å². The second-order valence-corrected chi connectivity index (χ2v) is 7.62. The third-order valence-corrected chi connectivity index (χ3v) is 5.12. The minimum atomic E-state index is -4.53. The molecule has 172 valence electrons. The number of oxime groups is 1. The summed E-state index contributed by atoms with van der Waals surface area (Å²) in [5.41, 5.74) is 0.492. The predicted octanol–water partition coefficient (Wildman–Crippen LogP) is 6.23. The molecule has 2 rings (SSSR count). The number of alkyl halides is 3. The van der Waals surface area contributed by atoms with Gasteiger partial charge in [0.25, 0.3) is 0 Å². The van der Waals surface area contributed by atoms with Gasteiger partial charge in [-0.15, -0.1) is 0 Å². The van der Waals surface area contributed by atoms with Gasteiger partial charge in [0.2, 0.25) is 0 Å². The Morgan fingerprint density at radius 1 is 1.19 bits per heavy atom. The van der Waals surface area contributed by atoms with Crippen LogP contribution in [-0.4, -0.2) is 36.7 Å². The molecule has 2 aromatic carbocycles. The Kier molecular flexibility index (Phi) is 9.23. The van der Waals surface area contributed by atoms with E-state index in [1.807, 2.05) is 0 Å². The molecule has 0 atom stereocenters.